The molecule has 1 atom stereocenters. The zero-order valence-corrected chi connectivity index (χ0v) is 18.2. The number of fused-ring (bicyclic) bond motifs is 1. The van der Waals surface area contributed by atoms with Gasteiger partial charge in [0.25, 0.3) is 10.0 Å². The van der Waals surface area contributed by atoms with Gasteiger partial charge in [0.05, 0.1) is 6.54 Å². The fourth-order valence-corrected chi connectivity index (χ4v) is 6.71. The van der Waals surface area contributed by atoms with Crippen LogP contribution in [0.15, 0.2) is 28.5 Å². The molecule has 2 amide bonds. The monoisotopic (exact) mass is 455 g/mol. The maximum Gasteiger partial charge on any atom is 0.250 e. The van der Waals surface area contributed by atoms with Crippen LogP contribution in [0.4, 0.5) is 0 Å². The van der Waals surface area contributed by atoms with E-state index in [1.165, 1.54) is 4.90 Å². The Morgan fingerprint density at radius 1 is 1.17 bits per heavy atom. The molecule has 156 valence electrons. The van der Waals surface area contributed by atoms with Crippen molar-refractivity contribution < 1.29 is 18.0 Å². The van der Waals surface area contributed by atoms with Gasteiger partial charge in [-0.1, -0.05) is 17.7 Å². The molecule has 4 rings (SSSR count). The fraction of sp³-hybridized carbons (Fsp3) is 0.474. The number of nitrogens with zero attached hydrogens (tertiary/aromatic N) is 2. The van der Waals surface area contributed by atoms with E-state index in [-0.39, 0.29) is 22.6 Å². The minimum atomic E-state index is -3.85. The second-order valence-corrected chi connectivity index (χ2v) is 10.9. The van der Waals surface area contributed by atoms with Gasteiger partial charge in [0, 0.05) is 29.4 Å². The van der Waals surface area contributed by atoms with E-state index in [1.807, 2.05) is 0 Å². The predicted molar refractivity (Wildman–Crippen MR) is 113 cm³/mol. The molecule has 2 fully saturated rings. The molecular weight excluding hydrogens is 434 g/mol. The van der Waals surface area contributed by atoms with E-state index >= 15 is 0 Å². The van der Waals surface area contributed by atoms with Crippen LogP contribution >= 0.6 is 22.9 Å². The Morgan fingerprint density at radius 3 is 2.69 bits per heavy atom. The van der Waals surface area contributed by atoms with E-state index in [1.54, 1.807) is 29.2 Å². The molecule has 1 aromatic heterocycles. The Bertz CT molecular complexity index is 1050. The zero-order chi connectivity index (χ0) is 20.6. The number of hydrogen-bond donors (Lipinski definition) is 1. The smallest absolute Gasteiger partial charge is 0.250 e. The topological polar surface area (TPSA) is 86.8 Å². The largest absolute Gasteiger partial charge is 0.341 e. The van der Waals surface area contributed by atoms with E-state index in [0.717, 1.165) is 47.4 Å². The van der Waals surface area contributed by atoms with E-state index in [0.29, 0.717) is 24.4 Å². The zero-order valence-electron chi connectivity index (χ0n) is 15.8. The summed E-state index contributed by atoms with van der Waals surface area (Å²) in [7, 11) is -3.85. The molecule has 29 heavy (non-hydrogen) atoms. The number of rotatable bonds is 5. The molecule has 0 spiro atoms. The lowest BCUT2D eigenvalue weighted by Crippen LogP contribution is -2.54. The summed E-state index contributed by atoms with van der Waals surface area (Å²) < 4.78 is 29.2. The Hall–Kier alpha value is -1.68. The summed E-state index contributed by atoms with van der Waals surface area (Å²) >= 11 is 7.10. The maximum absolute atomic E-state index is 12.9. The van der Waals surface area contributed by atoms with E-state index in [4.69, 9.17) is 11.6 Å². The van der Waals surface area contributed by atoms with Gasteiger partial charge < -0.3 is 9.80 Å². The normalized spacial score (nSPS) is 20.6. The summed E-state index contributed by atoms with van der Waals surface area (Å²) in [4.78, 5) is 28.4. The van der Waals surface area contributed by atoms with Crippen molar-refractivity contribution in [1.29, 1.82) is 0 Å². The van der Waals surface area contributed by atoms with Crippen molar-refractivity contribution in [3.63, 3.8) is 0 Å². The summed E-state index contributed by atoms with van der Waals surface area (Å²) in [6.07, 6.45) is 3.04. The SMILES string of the molecule is O=C(CN1CCC[C@H](NS(=O)(=O)c2cc3ccc(Cl)cc3s2)C1=O)N1CCCC1. The average Bonchev–Trinajstić information content (AvgIpc) is 3.34. The number of carbonyl (C=O) groups excluding carboxylic acids is 2. The lowest BCUT2D eigenvalue weighted by molar-refractivity contribution is -0.142. The number of likely N-dealkylation sites (tertiary alicyclic amines) is 2. The summed E-state index contributed by atoms with van der Waals surface area (Å²) in [6, 6.07) is 5.93. The number of amides is 2. The van der Waals surface area contributed by atoms with Crippen molar-refractivity contribution in [2.24, 2.45) is 0 Å². The van der Waals surface area contributed by atoms with Crippen LogP contribution in [0, 0.1) is 0 Å². The number of sulfonamides is 1. The maximum atomic E-state index is 12.9. The van der Waals surface area contributed by atoms with E-state index in [2.05, 4.69) is 4.72 Å². The van der Waals surface area contributed by atoms with Gasteiger partial charge in [0.1, 0.15) is 10.3 Å². The van der Waals surface area contributed by atoms with Crippen molar-refractivity contribution >= 4 is 54.9 Å². The number of benzene rings is 1. The number of halogens is 1. The van der Waals surface area contributed by atoms with Gasteiger partial charge in [0.15, 0.2) is 0 Å². The van der Waals surface area contributed by atoms with Gasteiger partial charge in [-0.2, -0.15) is 4.72 Å². The first-order chi connectivity index (χ1) is 13.8. The van der Waals surface area contributed by atoms with Crippen LogP contribution in [0.2, 0.25) is 5.02 Å². The molecule has 0 bridgehead atoms. The third kappa shape index (κ3) is 4.42. The van der Waals surface area contributed by atoms with Crippen molar-refractivity contribution in [3.8, 4) is 0 Å². The van der Waals surface area contributed by atoms with Crippen molar-refractivity contribution in [2.45, 2.75) is 35.9 Å². The van der Waals surface area contributed by atoms with Gasteiger partial charge in [-0.25, -0.2) is 8.42 Å². The quantitative estimate of drug-likeness (QED) is 0.750. The minimum Gasteiger partial charge on any atom is -0.341 e. The highest BCUT2D eigenvalue weighted by atomic mass is 35.5. The lowest BCUT2D eigenvalue weighted by atomic mass is 10.1. The highest BCUT2D eigenvalue weighted by molar-refractivity contribution is 7.91. The molecule has 10 heteroatoms. The van der Waals surface area contributed by atoms with E-state index in [9.17, 15) is 18.0 Å². The number of carbonyl (C=O) groups is 2. The highest BCUT2D eigenvalue weighted by Gasteiger charge is 2.34. The first-order valence-corrected chi connectivity index (χ1v) is 12.3. The first-order valence-electron chi connectivity index (χ1n) is 9.61. The van der Waals surface area contributed by atoms with Gasteiger partial charge >= 0.3 is 0 Å². The van der Waals surface area contributed by atoms with Crippen LogP contribution in [-0.4, -0.2) is 62.3 Å². The number of hydrogen-bond acceptors (Lipinski definition) is 5. The standard InChI is InChI=1S/C19H22ClN3O4S2/c20-14-6-5-13-10-18(28-16(13)11-14)29(26,27)21-15-4-3-9-23(19(15)25)12-17(24)22-7-1-2-8-22/h5-6,10-11,15,21H,1-4,7-9,12H2/t15-/m0/s1. The molecule has 0 unspecified atom stereocenters. The first kappa shape index (κ1) is 20.6. The molecule has 2 aromatic rings. The Morgan fingerprint density at radius 2 is 1.93 bits per heavy atom. The van der Waals surface area contributed by atoms with Gasteiger partial charge in [0.2, 0.25) is 11.8 Å². The number of nitrogens with one attached hydrogen (secondary N) is 1. The second-order valence-electron chi connectivity index (χ2n) is 7.41. The molecule has 1 N–H and O–H groups in total. The Balaban J connectivity index is 1.46. The summed E-state index contributed by atoms with van der Waals surface area (Å²) in [6.45, 7) is 1.94. The van der Waals surface area contributed by atoms with Gasteiger partial charge in [-0.3, -0.25) is 9.59 Å². The van der Waals surface area contributed by atoms with Gasteiger partial charge in [-0.15, -0.1) is 11.3 Å². The fourth-order valence-electron chi connectivity index (χ4n) is 3.79. The van der Waals surface area contributed by atoms with Crippen LogP contribution in [0.25, 0.3) is 10.1 Å². The third-order valence-electron chi connectivity index (χ3n) is 5.34. The lowest BCUT2D eigenvalue weighted by Gasteiger charge is -2.33. The molecule has 7 nitrogen and oxygen atoms in total. The Labute approximate surface area is 178 Å². The summed E-state index contributed by atoms with van der Waals surface area (Å²) in [5.74, 6) is -0.405. The van der Waals surface area contributed by atoms with Crippen molar-refractivity contribution in [1.82, 2.24) is 14.5 Å². The minimum absolute atomic E-state index is 0.0123. The molecule has 2 saturated heterocycles. The number of piperidine rings is 1. The molecule has 2 aliphatic heterocycles. The predicted octanol–water partition coefficient (Wildman–Crippen LogP) is 2.45. The molecule has 0 aliphatic carbocycles. The molecule has 0 radical (unpaired) electrons. The van der Waals surface area contributed by atoms with Crippen LogP contribution < -0.4 is 4.72 Å². The average molecular weight is 456 g/mol. The second kappa shape index (κ2) is 8.22. The summed E-state index contributed by atoms with van der Waals surface area (Å²) in [5.41, 5.74) is 0. The molecule has 3 heterocycles. The van der Waals surface area contributed by atoms with Crippen molar-refractivity contribution in [3.05, 3.63) is 29.3 Å². The highest BCUT2D eigenvalue weighted by Crippen LogP contribution is 2.31. The van der Waals surface area contributed by atoms with Crippen LogP contribution in [0.1, 0.15) is 25.7 Å². The van der Waals surface area contributed by atoms with Crippen LogP contribution in [0.3, 0.4) is 0 Å². The van der Waals surface area contributed by atoms with E-state index < -0.39 is 16.1 Å². The molecule has 2 aliphatic rings. The molecule has 0 saturated carbocycles. The van der Waals surface area contributed by atoms with Crippen molar-refractivity contribution in [2.75, 3.05) is 26.2 Å². The molecular formula is C19H22ClN3O4S2. The van der Waals surface area contributed by atoms with Crippen LogP contribution in [0.5, 0.6) is 0 Å². The third-order valence-corrected chi connectivity index (χ3v) is 8.62. The number of thiophene rings is 1. The van der Waals surface area contributed by atoms with Crippen LogP contribution in [-0.2, 0) is 19.6 Å². The van der Waals surface area contributed by atoms with Gasteiger partial charge in [-0.05, 0) is 49.3 Å². The Kier molecular flexibility index (Phi) is 5.83. The molecule has 1 aromatic carbocycles. The summed E-state index contributed by atoms with van der Waals surface area (Å²) in [5, 5.41) is 1.32.